The van der Waals surface area contributed by atoms with Gasteiger partial charge in [0.1, 0.15) is 11.6 Å². The molecule has 1 aromatic heterocycles. The summed E-state index contributed by atoms with van der Waals surface area (Å²) in [7, 11) is 0. The minimum absolute atomic E-state index is 0.131. The van der Waals surface area contributed by atoms with E-state index in [1.165, 1.54) is 11.1 Å². The third kappa shape index (κ3) is 6.04. The summed E-state index contributed by atoms with van der Waals surface area (Å²) in [6.07, 6.45) is 3.38. The highest BCUT2D eigenvalue weighted by Crippen LogP contribution is 2.31. The maximum absolute atomic E-state index is 12.9. The number of fused-ring (bicyclic) bond motifs is 1. The van der Waals surface area contributed by atoms with E-state index < -0.39 is 0 Å². The molecule has 1 amide bonds. The number of benzene rings is 3. The van der Waals surface area contributed by atoms with Crippen molar-refractivity contribution in [1.29, 1.82) is 0 Å². The van der Waals surface area contributed by atoms with Crippen LogP contribution in [-0.4, -0.2) is 40.1 Å². The van der Waals surface area contributed by atoms with Crippen molar-refractivity contribution >= 4 is 16.9 Å². The molecule has 0 bridgehead atoms. The maximum Gasteiger partial charge on any atom is 0.223 e. The zero-order valence-corrected chi connectivity index (χ0v) is 22.0. The first-order chi connectivity index (χ1) is 18.1. The van der Waals surface area contributed by atoms with Gasteiger partial charge >= 0.3 is 0 Å². The molecule has 0 N–H and O–H groups in total. The Morgan fingerprint density at radius 3 is 2.46 bits per heavy atom. The number of hydrogen-bond donors (Lipinski definition) is 0. The molecule has 37 heavy (non-hydrogen) atoms. The molecule has 1 aliphatic heterocycles. The van der Waals surface area contributed by atoms with E-state index in [0.29, 0.717) is 18.9 Å². The summed E-state index contributed by atoms with van der Waals surface area (Å²) in [6.45, 7) is 7.47. The fourth-order valence-corrected chi connectivity index (χ4v) is 5.22. The predicted molar refractivity (Wildman–Crippen MR) is 149 cm³/mol. The molecule has 2 heterocycles. The average molecular weight is 496 g/mol. The molecule has 1 fully saturated rings. The molecule has 0 aliphatic carbocycles. The van der Waals surface area contributed by atoms with Crippen molar-refractivity contribution in [2.75, 3.05) is 19.7 Å². The first kappa shape index (κ1) is 25.1. The van der Waals surface area contributed by atoms with Crippen LogP contribution in [0, 0.1) is 0 Å². The third-order valence-electron chi connectivity index (χ3n) is 7.37. The summed E-state index contributed by atoms with van der Waals surface area (Å²) in [5.41, 5.74) is 4.76. The molecule has 0 radical (unpaired) electrons. The fourth-order valence-electron chi connectivity index (χ4n) is 5.22. The number of carbonyl (C=O) groups is 1. The Morgan fingerprint density at radius 1 is 0.919 bits per heavy atom. The molecule has 1 atom stereocenters. The van der Waals surface area contributed by atoms with E-state index in [4.69, 9.17) is 9.72 Å². The smallest absolute Gasteiger partial charge is 0.223 e. The predicted octanol–water partition coefficient (Wildman–Crippen LogP) is 6.58. The van der Waals surface area contributed by atoms with E-state index in [9.17, 15) is 4.79 Å². The maximum atomic E-state index is 12.9. The van der Waals surface area contributed by atoms with Crippen molar-refractivity contribution in [3.63, 3.8) is 0 Å². The van der Waals surface area contributed by atoms with Crippen LogP contribution in [0.25, 0.3) is 11.0 Å². The van der Waals surface area contributed by atoms with E-state index in [1.54, 1.807) is 0 Å². The van der Waals surface area contributed by atoms with Gasteiger partial charge in [0, 0.05) is 32.0 Å². The Labute approximate surface area is 220 Å². The van der Waals surface area contributed by atoms with Crippen LogP contribution in [0.5, 0.6) is 5.75 Å². The van der Waals surface area contributed by atoms with Gasteiger partial charge in [-0.05, 0) is 60.6 Å². The lowest BCUT2D eigenvalue weighted by molar-refractivity contribution is -0.127. The van der Waals surface area contributed by atoms with Crippen LogP contribution in [-0.2, 0) is 17.8 Å². The van der Waals surface area contributed by atoms with E-state index in [0.717, 1.165) is 61.5 Å². The second kappa shape index (κ2) is 11.6. The summed E-state index contributed by atoms with van der Waals surface area (Å²) < 4.78 is 8.33. The Kier molecular flexibility index (Phi) is 7.88. The van der Waals surface area contributed by atoms with Gasteiger partial charge in [-0.25, -0.2) is 4.98 Å². The highest BCUT2D eigenvalue weighted by atomic mass is 16.5. The Bertz CT molecular complexity index is 1310. The van der Waals surface area contributed by atoms with Crippen molar-refractivity contribution in [1.82, 2.24) is 14.5 Å². The highest BCUT2D eigenvalue weighted by Gasteiger charge is 2.33. The Balaban J connectivity index is 1.20. The van der Waals surface area contributed by atoms with Crippen LogP contribution in [0.2, 0.25) is 0 Å². The minimum atomic E-state index is 0.131. The van der Waals surface area contributed by atoms with Gasteiger partial charge < -0.3 is 14.2 Å². The third-order valence-corrected chi connectivity index (χ3v) is 7.37. The first-order valence-electron chi connectivity index (χ1n) is 13.6. The van der Waals surface area contributed by atoms with E-state index in [-0.39, 0.29) is 11.8 Å². The first-order valence-corrected chi connectivity index (χ1v) is 13.6. The van der Waals surface area contributed by atoms with Crippen molar-refractivity contribution in [2.24, 2.45) is 0 Å². The number of unbranched alkanes of at least 4 members (excludes halogenated alkanes) is 1. The molecule has 192 valence electrons. The molecule has 5 nitrogen and oxygen atoms in total. The molecular formula is C32H37N3O2. The molecule has 1 unspecified atom stereocenters. The van der Waals surface area contributed by atoms with Gasteiger partial charge in [0.25, 0.3) is 0 Å². The standard InChI is InChI=1S/C32H37N3O2/c1-24(2)26-14-16-28(17-15-26)37-21-9-8-19-35-30-13-7-6-12-29(30)33-32(35)27-22-31(36)34(23-27)20-18-25-10-4-3-5-11-25/h3-7,10-17,24,27H,8-9,18-23H2,1-2H3. The zero-order chi connectivity index (χ0) is 25.6. The largest absolute Gasteiger partial charge is 0.494 e. The van der Waals surface area contributed by atoms with Gasteiger partial charge in [0.15, 0.2) is 0 Å². The number of carbonyl (C=O) groups excluding carboxylic acids is 1. The lowest BCUT2D eigenvalue weighted by atomic mass is 10.0. The number of aryl methyl sites for hydroxylation is 1. The second-order valence-electron chi connectivity index (χ2n) is 10.4. The minimum Gasteiger partial charge on any atom is -0.494 e. The van der Waals surface area contributed by atoms with Crippen molar-refractivity contribution in [3.8, 4) is 5.75 Å². The normalized spacial score (nSPS) is 15.7. The summed E-state index contributed by atoms with van der Waals surface area (Å²) in [5, 5.41) is 0. The molecule has 3 aromatic carbocycles. The van der Waals surface area contributed by atoms with Crippen LogP contribution < -0.4 is 4.74 Å². The van der Waals surface area contributed by atoms with Gasteiger partial charge in [-0.1, -0.05) is 68.4 Å². The molecular weight excluding hydrogens is 458 g/mol. The van der Waals surface area contributed by atoms with Crippen molar-refractivity contribution < 1.29 is 9.53 Å². The summed E-state index contributed by atoms with van der Waals surface area (Å²) in [4.78, 5) is 19.9. The van der Waals surface area contributed by atoms with E-state index in [1.807, 2.05) is 17.0 Å². The number of imidazole rings is 1. The van der Waals surface area contributed by atoms with Gasteiger partial charge in [0.05, 0.1) is 17.6 Å². The van der Waals surface area contributed by atoms with Crippen molar-refractivity contribution in [2.45, 2.75) is 57.9 Å². The number of likely N-dealkylation sites (tertiary alicyclic amines) is 1. The highest BCUT2D eigenvalue weighted by molar-refractivity contribution is 5.81. The van der Waals surface area contributed by atoms with Crippen LogP contribution in [0.4, 0.5) is 0 Å². The van der Waals surface area contributed by atoms with E-state index >= 15 is 0 Å². The summed E-state index contributed by atoms with van der Waals surface area (Å²) >= 11 is 0. The van der Waals surface area contributed by atoms with Crippen LogP contribution >= 0.6 is 0 Å². The number of amides is 1. The fraction of sp³-hybridized carbons (Fsp3) is 0.375. The number of nitrogens with zero attached hydrogens (tertiary/aromatic N) is 3. The molecule has 4 aromatic rings. The van der Waals surface area contributed by atoms with Crippen LogP contribution in [0.3, 0.4) is 0 Å². The van der Waals surface area contributed by atoms with Gasteiger partial charge in [-0.15, -0.1) is 0 Å². The van der Waals surface area contributed by atoms with Gasteiger partial charge in [0.2, 0.25) is 5.91 Å². The monoisotopic (exact) mass is 495 g/mol. The lowest BCUT2D eigenvalue weighted by Crippen LogP contribution is -2.27. The number of rotatable bonds is 11. The zero-order valence-electron chi connectivity index (χ0n) is 22.0. The SMILES string of the molecule is CC(C)c1ccc(OCCCCn2c(C3CC(=O)N(CCc4ccccc4)C3)nc3ccccc32)cc1. The summed E-state index contributed by atoms with van der Waals surface area (Å²) in [5.74, 6) is 2.86. The Hall–Kier alpha value is -3.60. The molecule has 0 spiro atoms. The van der Waals surface area contributed by atoms with Gasteiger partial charge in [-0.2, -0.15) is 0 Å². The van der Waals surface area contributed by atoms with Crippen LogP contribution in [0.15, 0.2) is 78.9 Å². The topological polar surface area (TPSA) is 47.4 Å². The molecule has 1 saturated heterocycles. The second-order valence-corrected chi connectivity index (χ2v) is 10.4. The number of ether oxygens (including phenoxy) is 1. The quantitative estimate of drug-likeness (QED) is 0.221. The van der Waals surface area contributed by atoms with E-state index in [2.05, 4.69) is 85.1 Å². The lowest BCUT2D eigenvalue weighted by Gasteiger charge is -2.17. The number of aromatic nitrogens is 2. The number of para-hydroxylation sites is 2. The average Bonchev–Trinajstić information content (AvgIpc) is 3.48. The van der Waals surface area contributed by atoms with Gasteiger partial charge in [-0.3, -0.25) is 4.79 Å². The molecule has 5 rings (SSSR count). The number of hydrogen-bond acceptors (Lipinski definition) is 3. The van der Waals surface area contributed by atoms with Crippen LogP contribution in [0.1, 0.15) is 61.9 Å². The summed E-state index contributed by atoms with van der Waals surface area (Å²) in [6, 6.07) is 27.1. The molecule has 0 saturated carbocycles. The Morgan fingerprint density at radius 2 is 1.68 bits per heavy atom. The van der Waals surface area contributed by atoms with Crippen molar-refractivity contribution in [3.05, 3.63) is 95.8 Å². The molecule has 5 heteroatoms. The molecule has 1 aliphatic rings.